The molecule has 2 N–H and O–H groups in total. The van der Waals surface area contributed by atoms with Crippen molar-refractivity contribution in [2.24, 2.45) is 10.9 Å². The van der Waals surface area contributed by atoms with Crippen molar-refractivity contribution in [3.8, 4) is 0 Å². The summed E-state index contributed by atoms with van der Waals surface area (Å²) < 4.78 is 2.12. The molecule has 2 fully saturated rings. The molecule has 1 saturated heterocycles. The number of carbonyl (C=O) groups is 1. The van der Waals surface area contributed by atoms with E-state index in [9.17, 15) is 4.79 Å². The number of nitrogens with zero attached hydrogens (tertiary/aromatic N) is 4. The largest absolute Gasteiger partial charge is 0.357 e. The van der Waals surface area contributed by atoms with Crippen molar-refractivity contribution in [2.75, 3.05) is 26.2 Å². The van der Waals surface area contributed by atoms with Crippen molar-refractivity contribution in [1.29, 1.82) is 0 Å². The van der Waals surface area contributed by atoms with Crippen molar-refractivity contribution < 1.29 is 4.79 Å². The molecule has 0 bridgehead atoms. The number of halogens is 1. The molecule has 1 unspecified atom stereocenters. The summed E-state index contributed by atoms with van der Waals surface area (Å²) in [5.41, 5.74) is 2.27. The van der Waals surface area contributed by atoms with E-state index in [2.05, 4.69) is 58.8 Å². The van der Waals surface area contributed by atoms with Crippen LogP contribution in [0.5, 0.6) is 0 Å². The second-order valence-corrected chi connectivity index (χ2v) is 8.95. The van der Waals surface area contributed by atoms with E-state index in [-0.39, 0.29) is 29.9 Å². The van der Waals surface area contributed by atoms with Crippen LogP contribution in [0.1, 0.15) is 56.3 Å². The molecule has 1 saturated carbocycles. The molecule has 1 amide bonds. The molecule has 180 valence electrons. The Labute approximate surface area is 214 Å². The number of carbonyl (C=O) groups excluding carboxylic acids is 1. The van der Waals surface area contributed by atoms with Crippen LogP contribution in [0, 0.1) is 5.92 Å². The van der Waals surface area contributed by atoms with E-state index in [0.29, 0.717) is 24.9 Å². The third-order valence-corrected chi connectivity index (χ3v) is 6.47. The van der Waals surface area contributed by atoms with E-state index in [0.717, 1.165) is 44.3 Å². The van der Waals surface area contributed by atoms with Crippen molar-refractivity contribution in [3.05, 3.63) is 53.9 Å². The quantitative estimate of drug-likeness (QED) is 0.277. The maximum atomic E-state index is 12.4. The Morgan fingerprint density at radius 2 is 1.94 bits per heavy atom. The van der Waals surface area contributed by atoms with Gasteiger partial charge in [-0.2, -0.15) is 5.10 Å². The normalized spacial score (nSPS) is 19.1. The third kappa shape index (κ3) is 7.45. The summed E-state index contributed by atoms with van der Waals surface area (Å²) in [6.07, 6.45) is 8.68. The standard InChI is InChI=1S/C25H36N6O.HI/c1-2-26-25(28-18-22-13-15-31(29-22)23-10-6-7-11-23)27-17-21-16-24(32)30(19-21)14-12-20-8-4-3-5-9-20;/h3-5,8-9,13,15,21,23H,2,6-7,10-12,14,16-19H2,1H3,(H2,26,27,28);1H. The van der Waals surface area contributed by atoms with Gasteiger partial charge in [-0.15, -0.1) is 24.0 Å². The molecule has 1 aliphatic heterocycles. The third-order valence-electron chi connectivity index (χ3n) is 6.47. The van der Waals surface area contributed by atoms with Crippen LogP contribution < -0.4 is 10.6 Å². The highest BCUT2D eigenvalue weighted by atomic mass is 127. The molecule has 0 radical (unpaired) electrons. The predicted octanol–water partition coefficient (Wildman–Crippen LogP) is 3.76. The summed E-state index contributed by atoms with van der Waals surface area (Å²) in [5, 5.41) is 11.5. The Balaban J connectivity index is 0.00000306. The number of likely N-dealkylation sites (tertiary alicyclic amines) is 1. The summed E-state index contributed by atoms with van der Waals surface area (Å²) in [5.74, 6) is 1.36. The molecule has 2 aliphatic rings. The lowest BCUT2D eigenvalue weighted by Crippen LogP contribution is -2.40. The summed E-state index contributed by atoms with van der Waals surface area (Å²) in [7, 11) is 0. The molecule has 1 atom stereocenters. The zero-order valence-electron chi connectivity index (χ0n) is 19.6. The smallest absolute Gasteiger partial charge is 0.223 e. The Hall–Kier alpha value is -2.10. The maximum Gasteiger partial charge on any atom is 0.223 e. The van der Waals surface area contributed by atoms with E-state index in [1.54, 1.807) is 0 Å². The number of hydrogen-bond donors (Lipinski definition) is 2. The summed E-state index contributed by atoms with van der Waals surface area (Å²) >= 11 is 0. The predicted molar refractivity (Wildman–Crippen MR) is 143 cm³/mol. The van der Waals surface area contributed by atoms with Crippen LogP contribution in [0.3, 0.4) is 0 Å². The zero-order chi connectivity index (χ0) is 22.2. The van der Waals surface area contributed by atoms with E-state index < -0.39 is 0 Å². The lowest BCUT2D eigenvalue weighted by Gasteiger charge is -2.18. The molecular formula is C25H37IN6O. The van der Waals surface area contributed by atoms with Gasteiger partial charge in [0, 0.05) is 44.7 Å². The van der Waals surface area contributed by atoms with E-state index in [1.807, 2.05) is 11.0 Å². The van der Waals surface area contributed by atoms with Gasteiger partial charge in [-0.25, -0.2) is 4.99 Å². The van der Waals surface area contributed by atoms with E-state index in [4.69, 9.17) is 10.1 Å². The average Bonchev–Trinajstić information content (AvgIpc) is 3.56. The minimum atomic E-state index is 0. The van der Waals surface area contributed by atoms with Crippen LogP contribution in [-0.4, -0.2) is 52.7 Å². The molecular weight excluding hydrogens is 527 g/mol. The van der Waals surface area contributed by atoms with Crippen LogP contribution in [0.4, 0.5) is 0 Å². The Morgan fingerprint density at radius 3 is 2.70 bits per heavy atom. The average molecular weight is 565 g/mol. The minimum absolute atomic E-state index is 0. The van der Waals surface area contributed by atoms with Crippen molar-refractivity contribution in [3.63, 3.8) is 0 Å². The first-order valence-corrected chi connectivity index (χ1v) is 12.1. The molecule has 7 nitrogen and oxygen atoms in total. The minimum Gasteiger partial charge on any atom is -0.357 e. The van der Waals surface area contributed by atoms with Gasteiger partial charge >= 0.3 is 0 Å². The van der Waals surface area contributed by atoms with Gasteiger partial charge in [-0.1, -0.05) is 43.2 Å². The highest BCUT2D eigenvalue weighted by Crippen LogP contribution is 2.28. The van der Waals surface area contributed by atoms with E-state index in [1.165, 1.54) is 31.2 Å². The lowest BCUT2D eigenvalue weighted by molar-refractivity contribution is -0.127. The summed E-state index contributed by atoms with van der Waals surface area (Å²) in [6, 6.07) is 13.0. The monoisotopic (exact) mass is 564 g/mol. The number of guanidine groups is 1. The van der Waals surface area contributed by atoms with Crippen molar-refractivity contribution in [2.45, 2.75) is 58.0 Å². The lowest BCUT2D eigenvalue weighted by atomic mass is 10.1. The fourth-order valence-electron chi connectivity index (χ4n) is 4.69. The van der Waals surface area contributed by atoms with Gasteiger partial charge < -0.3 is 15.5 Å². The first kappa shape index (κ1) is 25.5. The van der Waals surface area contributed by atoms with E-state index >= 15 is 0 Å². The first-order chi connectivity index (χ1) is 15.7. The highest BCUT2D eigenvalue weighted by molar-refractivity contribution is 14.0. The van der Waals surface area contributed by atoms with Gasteiger partial charge in [0.2, 0.25) is 5.91 Å². The van der Waals surface area contributed by atoms with Crippen LogP contribution in [-0.2, 0) is 17.8 Å². The number of amides is 1. The fraction of sp³-hybridized carbons (Fsp3) is 0.560. The Kier molecular flexibility index (Phi) is 10.0. The number of rotatable bonds is 9. The molecule has 8 heteroatoms. The van der Waals surface area contributed by atoms with Crippen molar-refractivity contribution in [1.82, 2.24) is 25.3 Å². The number of aliphatic imine (C=N–C) groups is 1. The molecule has 4 rings (SSSR count). The Morgan fingerprint density at radius 1 is 1.15 bits per heavy atom. The summed E-state index contributed by atoms with van der Waals surface area (Å²) in [6.45, 7) is 5.77. The van der Waals surface area contributed by atoms with Crippen molar-refractivity contribution >= 4 is 35.8 Å². The number of benzene rings is 1. The topological polar surface area (TPSA) is 74.5 Å². The van der Waals surface area contributed by atoms with Gasteiger partial charge in [0.15, 0.2) is 5.96 Å². The fourth-order valence-corrected chi connectivity index (χ4v) is 4.69. The molecule has 2 heterocycles. The molecule has 1 aromatic heterocycles. The van der Waals surface area contributed by atoms with Gasteiger partial charge in [0.05, 0.1) is 18.3 Å². The number of hydrogen-bond acceptors (Lipinski definition) is 3. The highest BCUT2D eigenvalue weighted by Gasteiger charge is 2.29. The van der Waals surface area contributed by atoms with Gasteiger partial charge in [-0.3, -0.25) is 9.48 Å². The molecule has 1 aliphatic carbocycles. The van der Waals surface area contributed by atoms with Gasteiger partial charge in [-0.05, 0) is 37.8 Å². The zero-order valence-corrected chi connectivity index (χ0v) is 21.9. The van der Waals surface area contributed by atoms with Crippen LogP contribution in [0.15, 0.2) is 47.6 Å². The first-order valence-electron chi connectivity index (χ1n) is 12.1. The SMILES string of the molecule is CCNC(=NCc1ccn(C2CCCC2)n1)NCC1CC(=O)N(CCc2ccccc2)C1.I. The molecule has 0 spiro atoms. The van der Waals surface area contributed by atoms with Gasteiger partial charge in [0.25, 0.3) is 0 Å². The summed E-state index contributed by atoms with van der Waals surface area (Å²) in [4.78, 5) is 19.2. The number of nitrogens with one attached hydrogen (secondary N) is 2. The second-order valence-electron chi connectivity index (χ2n) is 8.95. The van der Waals surface area contributed by atoms with Gasteiger partial charge in [0.1, 0.15) is 0 Å². The maximum absolute atomic E-state index is 12.4. The van der Waals surface area contributed by atoms with Crippen LogP contribution in [0.2, 0.25) is 0 Å². The Bertz CT molecular complexity index is 893. The van der Waals surface area contributed by atoms with Crippen LogP contribution >= 0.6 is 24.0 Å². The van der Waals surface area contributed by atoms with Crippen LogP contribution in [0.25, 0.3) is 0 Å². The molecule has 33 heavy (non-hydrogen) atoms. The molecule has 1 aromatic carbocycles. The molecule has 2 aromatic rings. The number of aromatic nitrogens is 2. The second kappa shape index (κ2) is 13.0.